The number of carbonyl (C=O) groups is 1. The van der Waals surface area contributed by atoms with Crippen LogP contribution in [0.15, 0.2) is 54.6 Å². The summed E-state index contributed by atoms with van der Waals surface area (Å²) >= 11 is 0. The normalized spacial score (nSPS) is 16.2. The van der Waals surface area contributed by atoms with Gasteiger partial charge in [0, 0.05) is 26.1 Å². The topological polar surface area (TPSA) is 41.6 Å². The molecule has 1 N–H and O–H groups in total. The molecule has 0 radical (unpaired) electrons. The molecule has 4 nitrogen and oxygen atoms in total. The minimum atomic E-state index is -0.264. The van der Waals surface area contributed by atoms with Crippen LogP contribution in [0.4, 0.5) is 4.39 Å². The Labute approximate surface area is 154 Å². The van der Waals surface area contributed by atoms with Crippen LogP contribution in [0.5, 0.6) is 0 Å². The molecule has 1 heterocycles. The minimum absolute atomic E-state index is 0.0107. The number of carbonyl (C=O) groups excluding carboxylic acids is 1. The quantitative estimate of drug-likeness (QED) is 0.829. The van der Waals surface area contributed by atoms with Crippen molar-refractivity contribution in [3.63, 3.8) is 0 Å². The van der Waals surface area contributed by atoms with Gasteiger partial charge in [-0.05, 0) is 29.7 Å². The Balaban J connectivity index is 1.55. The number of halogens is 1. The Morgan fingerprint density at radius 3 is 2.62 bits per heavy atom. The number of ether oxygens (including phenoxy) is 1. The largest absolute Gasteiger partial charge is 0.379 e. The molecule has 0 aliphatic carbocycles. The van der Waals surface area contributed by atoms with Crippen LogP contribution in [0.2, 0.25) is 0 Å². The molecule has 5 heteroatoms. The van der Waals surface area contributed by atoms with Crippen LogP contribution in [0.25, 0.3) is 0 Å². The first-order valence-electron chi connectivity index (χ1n) is 9.10. The molecule has 1 unspecified atom stereocenters. The van der Waals surface area contributed by atoms with Crippen LogP contribution in [-0.4, -0.2) is 43.7 Å². The Morgan fingerprint density at radius 2 is 1.88 bits per heavy atom. The van der Waals surface area contributed by atoms with Crippen LogP contribution in [-0.2, 0) is 16.0 Å². The molecule has 1 amide bonds. The van der Waals surface area contributed by atoms with Gasteiger partial charge in [-0.1, -0.05) is 42.5 Å². The van der Waals surface area contributed by atoms with E-state index in [1.165, 1.54) is 17.7 Å². The second-order valence-electron chi connectivity index (χ2n) is 6.51. The van der Waals surface area contributed by atoms with Crippen molar-refractivity contribution in [1.29, 1.82) is 0 Å². The lowest BCUT2D eigenvalue weighted by Crippen LogP contribution is -2.43. The summed E-state index contributed by atoms with van der Waals surface area (Å²) in [6.07, 6.45) is 0.894. The van der Waals surface area contributed by atoms with E-state index in [2.05, 4.69) is 22.3 Å². The molecule has 3 rings (SSSR count). The van der Waals surface area contributed by atoms with Gasteiger partial charge in [-0.25, -0.2) is 4.39 Å². The highest BCUT2D eigenvalue weighted by atomic mass is 19.1. The molecule has 26 heavy (non-hydrogen) atoms. The highest BCUT2D eigenvalue weighted by Crippen LogP contribution is 2.21. The number of rotatable bonds is 7. The maximum absolute atomic E-state index is 13.2. The fraction of sp³-hybridized carbons (Fsp3) is 0.381. The third-order valence-corrected chi connectivity index (χ3v) is 4.69. The molecule has 1 saturated heterocycles. The van der Waals surface area contributed by atoms with E-state index in [0.717, 1.165) is 31.9 Å². The number of benzene rings is 2. The highest BCUT2D eigenvalue weighted by Gasteiger charge is 2.22. The Morgan fingerprint density at radius 1 is 1.12 bits per heavy atom. The summed E-state index contributed by atoms with van der Waals surface area (Å²) in [6.45, 7) is 3.72. The zero-order valence-electron chi connectivity index (χ0n) is 14.9. The molecule has 2 aromatic carbocycles. The van der Waals surface area contributed by atoms with Crippen molar-refractivity contribution in [2.75, 3.05) is 32.8 Å². The molecule has 1 aliphatic rings. The Bertz CT molecular complexity index is 702. The van der Waals surface area contributed by atoms with Gasteiger partial charge in [0.15, 0.2) is 0 Å². The molecule has 1 aliphatic heterocycles. The summed E-state index contributed by atoms with van der Waals surface area (Å²) in [5, 5.41) is 3.05. The number of hydrogen-bond donors (Lipinski definition) is 1. The molecular formula is C21H25FN2O2. The second-order valence-corrected chi connectivity index (χ2v) is 6.51. The number of morpholine rings is 1. The number of nitrogens with one attached hydrogen (secondary N) is 1. The van der Waals surface area contributed by atoms with Crippen molar-refractivity contribution in [2.24, 2.45) is 0 Å². The van der Waals surface area contributed by atoms with Crippen molar-refractivity contribution >= 4 is 5.91 Å². The monoisotopic (exact) mass is 356 g/mol. The van der Waals surface area contributed by atoms with Crippen molar-refractivity contribution in [2.45, 2.75) is 18.9 Å². The second kappa shape index (κ2) is 9.46. The fourth-order valence-electron chi connectivity index (χ4n) is 3.27. The van der Waals surface area contributed by atoms with Gasteiger partial charge >= 0.3 is 0 Å². The van der Waals surface area contributed by atoms with Gasteiger partial charge in [0.1, 0.15) is 5.82 Å². The van der Waals surface area contributed by atoms with Gasteiger partial charge in [0.25, 0.3) is 0 Å². The van der Waals surface area contributed by atoms with Crippen LogP contribution in [0.3, 0.4) is 0 Å². The van der Waals surface area contributed by atoms with E-state index in [1.807, 2.05) is 24.3 Å². The maximum Gasteiger partial charge on any atom is 0.220 e. The fourth-order valence-corrected chi connectivity index (χ4v) is 3.27. The van der Waals surface area contributed by atoms with Crippen molar-refractivity contribution < 1.29 is 13.9 Å². The number of nitrogens with zero attached hydrogens (tertiary/aromatic N) is 1. The molecule has 0 bridgehead atoms. The maximum atomic E-state index is 13.2. The number of amides is 1. The third kappa shape index (κ3) is 5.38. The van der Waals surface area contributed by atoms with Crippen LogP contribution < -0.4 is 5.32 Å². The average Bonchev–Trinajstić information content (AvgIpc) is 2.68. The van der Waals surface area contributed by atoms with Crippen LogP contribution in [0, 0.1) is 5.82 Å². The van der Waals surface area contributed by atoms with E-state index < -0.39 is 0 Å². The first-order chi connectivity index (χ1) is 12.7. The lowest BCUT2D eigenvalue weighted by Gasteiger charge is -2.35. The number of aryl methyl sites for hydroxylation is 1. The average molecular weight is 356 g/mol. The first kappa shape index (κ1) is 18.5. The number of hydrogen-bond acceptors (Lipinski definition) is 3. The summed E-state index contributed by atoms with van der Waals surface area (Å²) in [5.74, 6) is -0.275. The molecular weight excluding hydrogens is 331 g/mol. The summed E-state index contributed by atoms with van der Waals surface area (Å²) in [6, 6.07) is 16.8. The summed E-state index contributed by atoms with van der Waals surface area (Å²) in [7, 11) is 0. The zero-order chi connectivity index (χ0) is 18.2. The van der Waals surface area contributed by atoms with Gasteiger partial charge in [-0.15, -0.1) is 0 Å². The van der Waals surface area contributed by atoms with Crippen molar-refractivity contribution in [3.8, 4) is 0 Å². The molecule has 1 fully saturated rings. The predicted octanol–water partition coefficient (Wildman–Crippen LogP) is 2.95. The predicted molar refractivity (Wildman–Crippen MR) is 99.3 cm³/mol. The van der Waals surface area contributed by atoms with Crippen LogP contribution in [0.1, 0.15) is 23.6 Å². The molecule has 0 aromatic heterocycles. The Kier molecular flexibility index (Phi) is 6.75. The van der Waals surface area contributed by atoms with Gasteiger partial charge in [0.05, 0.1) is 19.3 Å². The molecule has 138 valence electrons. The molecule has 0 spiro atoms. The van der Waals surface area contributed by atoms with E-state index >= 15 is 0 Å². The van der Waals surface area contributed by atoms with E-state index in [9.17, 15) is 9.18 Å². The standard InChI is InChI=1S/C21H25FN2O2/c22-19-8-4-5-17(15-19)9-10-21(25)23-16-20(18-6-2-1-3-7-18)24-11-13-26-14-12-24/h1-8,15,20H,9-14,16H2,(H,23,25). The molecule has 1 atom stereocenters. The van der Waals surface area contributed by atoms with Gasteiger partial charge < -0.3 is 10.1 Å². The van der Waals surface area contributed by atoms with E-state index in [1.54, 1.807) is 6.07 Å². The summed E-state index contributed by atoms with van der Waals surface area (Å²) in [5.41, 5.74) is 2.03. The lowest BCUT2D eigenvalue weighted by molar-refractivity contribution is -0.121. The Hall–Kier alpha value is -2.24. The molecule has 2 aromatic rings. The summed E-state index contributed by atoms with van der Waals surface area (Å²) < 4.78 is 18.7. The first-order valence-corrected chi connectivity index (χ1v) is 9.10. The third-order valence-electron chi connectivity index (χ3n) is 4.69. The van der Waals surface area contributed by atoms with Gasteiger partial charge in [0.2, 0.25) is 5.91 Å². The van der Waals surface area contributed by atoms with Crippen molar-refractivity contribution in [1.82, 2.24) is 10.2 Å². The highest BCUT2D eigenvalue weighted by molar-refractivity contribution is 5.76. The van der Waals surface area contributed by atoms with E-state index in [4.69, 9.17) is 4.74 Å². The zero-order valence-corrected chi connectivity index (χ0v) is 14.9. The molecule has 0 saturated carbocycles. The SMILES string of the molecule is O=C(CCc1cccc(F)c1)NCC(c1ccccc1)N1CCOCC1. The van der Waals surface area contributed by atoms with Crippen molar-refractivity contribution in [3.05, 3.63) is 71.5 Å². The van der Waals surface area contributed by atoms with Gasteiger partial charge in [-0.2, -0.15) is 0 Å². The van der Waals surface area contributed by atoms with E-state index in [0.29, 0.717) is 19.4 Å². The smallest absolute Gasteiger partial charge is 0.220 e. The lowest BCUT2D eigenvalue weighted by atomic mass is 10.0. The van der Waals surface area contributed by atoms with E-state index in [-0.39, 0.29) is 17.8 Å². The summed E-state index contributed by atoms with van der Waals surface area (Å²) in [4.78, 5) is 14.6. The minimum Gasteiger partial charge on any atom is -0.379 e. The van der Waals surface area contributed by atoms with Gasteiger partial charge in [-0.3, -0.25) is 9.69 Å². The van der Waals surface area contributed by atoms with Crippen LogP contribution >= 0.6 is 0 Å².